The second kappa shape index (κ2) is 6.07. The maximum atomic E-state index is 11.2. The van der Waals surface area contributed by atoms with Gasteiger partial charge in [-0.1, -0.05) is 23.7 Å². The van der Waals surface area contributed by atoms with Gasteiger partial charge in [0.2, 0.25) is 5.91 Å². The summed E-state index contributed by atoms with van der Waals surface area (Å²) in [6.07, 6.45) is 1.86. The number of nitrogens with two attached hydrogens (primary N) is 1. The number of nitrogens with zero attached hydrogens (tertiary/aromatic N) is 1. The molecule has 98 valence electrons. The van der Waals surface area contributed by atoms with Crippen molar-refractivity contribution in [3.05, 3.63) is 29.3 Å². The van der Waals surface area contributed by atoms with Crippen LogP contribution in [0, 0.1) is 0 Å². The van der Waals surface area contributed by atoms with E-state index in [2.05, 4.69) is 4.90 Å². The lowest BCUT2D eigenvalue weighted by Gasteiger charge is -2.21. The largest absolute Gasteiger partial charge is 0.491 e. The van der Waals surface area contributed by atoms with E-state index in [1.807, 2.05) is 18.2 Å². The van der Waals surface area contributed by atoms with Gasteiger partial charge in [0.1, 0.15) is 12.4 Å². The number of hydrogen-bond acceptors (Lipinski definition) is 3. The third-order valence-electron chi connectivity index (χ3n) is 3.16. The highest BCUT2D eigenvalue weighted by atomic mass is 35.5. The van der Waals surface area contributed by atoms with Gasteiger partial charge in [-0.05, 0) is 31.5 Å². The molecule has 1 fully saturated rings. The van der Waals surface area contributed by atoms with Crippen molar-refractivity contribution in [2.75, 3.05) is 19.7 Å². The summed E-state index contributed by atoms with van der Waals surface area (Å²) in [7, 11) is 0. The molecule has 1 aliphatic rings. The molecule has 0 saturated carbocycles. The number of hydrogen-bond donors (Lipinski definition) is 1. The van der Waals surface area contributed by atoms with Crippen molar-refractivity contribution >= 4 is 17.5 Å². The molecular formula is C13H17ClN2O2. The lowest BCUT2D eigenvalue weighted by Crippen LogP contribution is -2.42. The number of amides is 1. The minimum atomic E-state index is -0.245. The first kappa shape index (κ1) is 13.2. The fourth-order valence-electron chi connectivity index (χ4n) is 2.25. The van der Waals surface area contributed by atoms with Gasteiger partial charge in [-0.2, -0.15) is 0 Å². The van der Waals surface area contributed by atoms with Crippen LogP contribution in [0.5, 0.6) is 5.75 Å². The lowest BCUT2D eigenvalue weighted by atomic mass is 10.2. The maximum Gasteiger partial charge on any atom is 0.234 e. The minimum Gasteiger partial charge on any atom is -0.491 e. The molecular weight excluding hydrogens is 252 g/mol. The van der Waals surface area contributed by atoms with E-state index in [1.165, 1.54) is 0 Å². The van der Waals surface area contributed by atoms with Gasteiger partial charge in [0.25, 0.3) is 0 Å². The van der Waals surface area contributed by atoms with E-state index in [1.54, 1.807) is 6.07 Å². The quantitative estimate of drug-likeness (QED) is 0.884. The van der Waals surface area contributed by atoms with Gasteiger partial charge in [0.05, 0.1) is 11.1 Å². The SMILES string of the molecule is NC(=O)C1CCCN1CCOc1ccccc1Cl. The van der Waals surface area contributed by atoms with Crippen LogP contribution in [0.25, 0.3) is 0 Å². The summed E-state index contributed by atoms with van der Waals surface area (Å²) in [6.45, 7) is 2.10. The number of primary amides is 1. The monoisotopic (exact) mass is 268 g/mol. The number of ether oxygens (including phenoxy) is 1. The minimum absolute atomic E-state index is 0.139. The summed E-state index contributed by atoms with van der Waals surface area (Å²) in [5, 5.41) is 0.602. The summed E-state index contributed by atoms with van der Waals surface area (Å²) in [6, 6.07) is 7.22. The third kappa shape index (κ3) is 3.15. The molecule has 4 nitrogen and oxygen atoms in total. The summed E-state index contributed by atoms with van der Waals surface area (Å²) in [5.41, 5.74) is 5.35. The fraction of sp³-hybridized carbons (Fsp3) is 0.462. The van der Waals surface area contributed by atoms with Crippen molar-refractivity contribution in [2.24, 2.45) is 5.73 Å². The average Bonchev–Trinajstić information content (AvgIpc) is 2.80. The predicted octanol–water partition coefficient (Wildman–Crippen LogP) is 1.67. The highest BCUT2D eigenvalue weighted by Crippen LogP contribution is 2.23. The molecule has 0 spiro atoms. The van der Waals surface area contributed by atoms with Crippen LogP contribution in [0.2, 0.25) is 5.02 Å². The van der Waals surface area contributed by atoms with Gasteiger partial charge < -0.3 is 10.5 Å². The molecule has 0 bridgehead atoms. The van der Waals surface area contributed by atoms with Crippen LogP contribution < -0.4 is 10.5 Å². The number of carbonyl (C=O) groups is 1. The van der Waals surface area contributed by atoms with Crippen LogP contribution in [-0.4, -0.2) is 36.5 Å². The normalized spacial score (nSPS) is 19.9. The second-order valence-corrected chi connectivity index (χ2v) is 4.78. The third-order valence-corrected chi connectivity index (χ3v) is 3.48. The highest BCUT2D eigenvalue weighted by Gasteiger charge is 2.28. The van der Waals surface area contributed by atoms with Crippen molar-refractivity contribution in [1.82, 2.24) is 4.90 Å². The van der Waals surface area contributed by atoms with Gasteiger partial charge in [-0.25, -0.2) is 0 Å². The zero-order valence-electron chi connectivity index (χ0n) is 10.1. The Morgan fingerprint density at radius 1 is 1.50 bits per heavy atom. The van der Waals surface area contributed by atoms with Crippen LogP contribution in [-0.2, 0) is 4.79 Å². The van der Waals surface area contributed by atoms with E-state index in [-0.39, 0.29) is 11.9 Å². The molecule has 1 aliphatic heterocycles. The lowest BCUT2D eigenvalue weighted by molar-refractivity contribution is -0.122. The highest BCUT2D eigenvalue weighted by molar-refractivity contribution is 6.32. The smallest absolute Gasteiger partial charge is 0.234 e. The zero-order chi connectivity index (χ0) is 13.0. The molecule has 1 atom stereocenters. The van der Waals surface area contributed by atoms with Crippen LogP contribution >= 0.6 is 11.6 Å². The molecule has 1 aromatic rings. The Balaban J connectivity index is 1.82. The molecule has 0 aliphatic carbocycles. The molecule has 0 aromatic heterocycles. The number of carbonyl (C=O) groups excluding carboxylic acids is 1. The van der Waals surface area contributed by atoms with E-state index >= 15 is 0 Å². The Morgan fingerprint density at radius 2 is 2.28 bits per heavy atom. The van der Waals surface area contributed by atoms with Crippen molar-refractivity contribution in [3.8, 4) is 5.75 Å². The van der Waals surface area contributed by atoms with Crippen LogP contribution in [0.15, 0.2) is 24.3 Å². The molecule has 5 heteroatoms. The molecule has 0 radical (unpaired) electrons. The molecule has 1 unspecified atom stereocenters. The van der Waals surface area contributed by atoms with Crippen molar-refractivity contribution in [1.29, 1.82) is 0 Å². The first-order valence-corrected chi connectivity index (χ1v) is 6.47. The van der Waals surface area contributed by atoms with Crippen molar-refractivity contribution in [3.63, 3.8) is 0 Å². The van der Waals surface area contributed by atoms with Crippen LogP contribution in [0.1, 0.15) is 12.8 Å². The Labute approximate surface area is 112 Å². The average molecular weight is 269 g/mol. The Kier molecular flexibility index (Phi) is 4.44. The van der Waals surface area contributed by atoms with Gasteiger partial charge in [0.15, 0.2) is 0 Å². The van der Waals surface area contributed by atoms with Crippen molar-refractivity contribution < 1.29 is 9.53 Å². The van der Waals surface area contributed by atoms with Crippen LogP contribution in [0.3, 0.4) is 0 Å². The molecule has 18 heavy (non-hydrogen) atoms. The number of halogens is 1. The van der Waals surface area contributed by atoms with Gasteiger partial charge in [0, 0.05) is 6.54 Å². The Bertz CT molecular complexity index is 425. The van der Waals surface area contributed by atoms with Crippen molar-refractivity contribution in [2.45, 2.75) is 18.9 Å². The number of rotatable bonds is 5. The van der Waals surface area contributed by atoms with E-state index in [4.69, 9.17) is 22.1 Å². The molecule has 2 N–H and O–H groups in total. The standard InChI is InChI=1S/C13H17ClN2O2/c14-10-4-1-2-6-12(10)18-9-8-16-7-3-5-11(16)13(15)17/h1-2,4,6,11H,3,5,7-9H2,(H2,15,17). The summed E-state index contributed by atoms with van der Waals surface area (Å²) < 4.78 is 5.60. The van der Waals surface area contributed by atoms with Crippen LogP contribution in [0.4, 0.5) is 0 Å². The van der Waals surface area contributed by atoms with E-state index < -0.39 is 0 Å². The summed E-state index contributed by atoms with van der Waals surface area (Å²) in [4.78, 5) is 13.3. The molecule has 1 amide bonds. The predicted molar refractivity (Wildman–Crippen MR) is 70.7 cm³/mol. The molecule has 1 heterocycles. The fourth-order valence-corrected chi connectivity index (χ4v) is 2.44. The summed E-state index contributed by atoms with van der Waals surface area (Å²) in [5.74, 6) is 0.430. The molecule has 1 saturated heterocycles. The number of likely N-dealkylation sites (tertiary alicyclic amines) is 1. The van der Waals surface area contributed by atoms with Gasteiger partial charge in [-0.15, -0.1) is 0 Å². The van der Waals surface area contributed by atoms with Gasteiger partial charge >= 0.3 is 0 Å². The first-order valence-electron chi connectivity index (χ1n) is 6.09. The number of benzene rings is 1. The van der Waals surface area contributed by atoms with E-state index in [9.17, 15) is 4.79 Å². The molecule has 2 rings (SSSR count). The zero-order valence-corrected chi connectivity index (χ0v) is 10.9. The first-order chi connectivity index (χ1) is 8.68. The summed E-state index contributed by atoms with van der Waals surface area (Å²) >= 11 is 5.99. The van der Waals surface area contributed by atoms with Gasteiger partial charge in [-0.3, -0.25) is 9.69 Å². The van der Waals surface area contributed by atoms with E-state index in [0.717, 1.165) is 19.4 Å². The molecule has 1 aromatic carbocycles. The number of para-hydroxylation sites is 1. The van der Waals surface area contributed by atoms with E-state index in [0.29, 0.717) is 23.9 Å². The topological polar surface area (TPSA) is 55.6 Å². The second-order valence-electron chi connectivity index (χ2n) is 4.38. The Hall–Kier alpha value is -1.26. The Morgan fingerprint density at radius 3 is 3.00 bits per heavy atom. The maximum absolute atomic E-state index is 11.2.